The van der Waals surface area contributed by atoms with Gasteiger partial charge in [0, 0.05) is 18.1 Å². The van der Waals surface area contributed by atoms with Gasteiger partial charge in [-0.1, -0.05) is 35.9 Å². The SMILES string of the molecule is N#Cc1nc(-c2ccc(COc3ccc(Cl)cc3)o2)oc1N1CCc2ccccc2C1. The highest BCUT2D eigenvalue weighted by Crippen LogP contribution is 2.32. The molecule has 31 heavy (non-hydrogen) atoms. The summed E-state index contributed by atoms with van der Waals surface area (Å²) < 4.78 is 17.5. The average Bonchev–Trinajstić information content (AvgIpc) is 3.45. The first-order valence-electron chi connectivity index (χ1n) is 9.90. The highest BCUT2D eigenvalue weighted by Gasteiger charge is 2.25. The Kier molecular flexibility index (Phi) is 5.11. The number of halogens is 1. The van der Waals surface area contributed by atoms with Crippen LogP contribution in [0.2, 0.25) is 5.02 Å². The van der Waals surface area contributed by atoms with Crippen molar-refractivity contribution in [3.63, 3.8) is 0 Å². The second-order valence-corrected chi connectivity index (χ2v) is 7.67. The van der Waals surface area contributed by atoms with Gasteiger partial charge in [-0.3, -0.25) is 0 Å². The molecule has 154 valence electrons. The second kappa shape index (κ2) is 8.21. The Hall–Kier alpha value is -3.69. The molecule has 0 N–H and O–H groups in total. The maximum Gasteiger partial charge on any atom is 0.266 e. The van der Waals surface area contributed by atoms with Crippen LogP contribution in [0.3, 0.4) is 0 Å². The molecule has 0 aliphatic carbocycles. The summed E-state index contributed by atoms with van der Waals surface area (Å²) in [7, 11) is 0. The molecule has 0 radical (unpaired) electrons. The molecule has 0 amide bonds. The molecule has 0 unspecified atom stereocenters. The van der Waals surface area contributed by atoms with Crippen LogP contribution in [0.25, 0.3) is 11.7 Å². The van der Waals surface area contributed by atoms with Gasteiger partial charge in [-0.05, 0) is 53.9 Å². The molecule has 6 nitrogen and oxygen atoms in total. The van der Waals surface area contributed by atoms with Crippen molar-refractivity contribution in [2.24, 2.45) is 0 Å². The molecular weight excluding hydrogens is 414 g/mol. The van der Waals surface area contributed by atoms with Crippen LogP contribution in [0.4, 0.5) is 5.88 Å². The molecule has 0 atom stereocenters. The standard InChI is InChI=1S/C24H18ClN3O3/c25-18-5-7-19(8-6-18)29-15-20-9-10-22(30-20)23-27-21(13-26)24(31-23)28-12-11-16-3-1-2-4-17(16)14-28/h1-10H,11-12,14-15H2. The fourth-order valence-corrected chi connectivity index (χ4v) is 3.76. The molecular formula is C24H18ClN3O3. The molecule has 1 aliphatic rings. The van der Waals surface area contributed by atoms with Crippen molar-refractivity contribution >= 4 is 17.5 Å². The van der Waals surface area contributed by atoms with Crippen molar-refractivity contribution < 1.29 is 13.6 Å². The monoisotopic (exact) mass is 431 g/mol. The van der Waals surface area contributed by atoms with E-state index in [4.69, 9.17) is 25.2 Å². The van der Waals surface area contributed by atoms with Crippen LogP contribution < -0.4 is 9.64 Å². The van der Waals surface area contributed by atoms with Crippen LogP contribution >= 0.6 is 11.6 Å². The number of oxazole rings is 1. The summed E-state index contributed by atoms with van der Waals surface area (Å²) in [5.74, 6) is 2.52. The fraction of sp³-hybridized carbons (Fsp3) is 0.167. The first-order chi connectivity index (χ1) is 15.2. The van der Waals surface area contributed by atoms with Crippen LogP contribution in [0.15, 0.2) is 69.5 Å². The van der Waals surface area contributed by atoms with Crippen LogP contribution in [0, 0.1) is 11.3 Å². The number of ether oxygens (including phenoxy) is 1. The third-order valence-corrected chi connectivity index (χ3v) is 5.45. The van der Waals surface area contributed by atoms with Gasteiger partial charge in [0.2, 0.25) is 11.6 Å². The first kappa shape index (κ1) is 19.3. The number of fused-ring (bicyclic) bond motifs is 1. The highest BCUT2D eigenvalue weighted by molar-refractivity contribution is 6.30. The van der Waals surface area contributed by atoms with Gasteiger partial charge in [0.15, 0.2) is 5.76 Å². The summed E-state index contributed by atoms with van der Waals surface area (Å²) in [6.45, 7) is 1.69. The molecule has 2 aromatic heterocycles. The maximum atomic E-state index is 9.58. The third kappa shape index (κ3) is 4.00. The molecule has 0 saturated carbocycles. The molecule has 0 saturated heterocycles. The smallest absolute Gasteiger partial charge is 0.266 e. The van der Waals surface area contributed by atoms with Gasteiger partial charge in [-0.25, -0.2) is 0 Å². The van der Waals surface area contributed by atoms with Crippen molar-refractivity contribution in [2.45, 2.75) is 19.6 Å². The predicted molar refractivity (Wildman–Crippen MR) is 116 cm³/mol. The van der Waals surface area contributed by atoms with Gasteiger partial charge >= 0.3 is 0 Å². The summed E-state index contributed by atoms with van der Waals surface area (Å²) in [4.78, 5) is 6.40. The minimum Gasteiger partial charge on any atom is -0.486 e. The van der Waals surface area contributed by atoms with Crippen molar-refractivity contribution in [2.75, 3.05) is 11.4 Å². The van der Waals surface area contributed by atoms with Gasteiger partial charge in [-0.15, -0.1) is 0 Å². The molecule has 4 aromatic rings. The Labute approximate surface area is 184 Å². The number of hydrogen-bond donors (Lipinski definition) is 0. The van der Waals surface area contributed by atoms with Gasteiger partial charge in [0.25, 0.3) is 5.89 Å². The minimum atomic E-state index is 0.253. The largest absolute Gasteiger partial charge is 0.486 e. The zero-order valence-electron chi connectivity index (χ0n) is 16.5. The summed E-state index contributed by atoms with van der Waals surface area (Å²) in [6.07, 6.45) is 0.893. The van der Waals surface area contributed by atoms with E-state index in [1.807, 2.05) is 17.0 Å². The van der Waals surface area contributed by atoms with Gasteiger partial charge in [0.05, 0.1) is 0 Å². The van der Waals surface area contributed by atoms with Crippen molar-refractivity contribution in [3.8, 4) is 23.5 Å². The topological polar surface area (TPSA) is 75.4 Å². The molecule has 0 fully saturated rings. The van der Waals surface area contributed by atoms with Crippen LogP contribution in [-0.2, 0) is 19.6 Å². The van der Waals surface area contributed by atoms with Gasteiger partial charge < -0.3 is 18.5 Å². The number of nitrogens with zero attached hydrogens (tertiary/aromatic N) is 3. The normalized spacial score (nSPS) is 13.0. The van der Waals surface area contributed by atoms with E-state index in [1.165, 1.54) is 11.1 Å². The minimum absolute atomic E-state index is 0.253. The second-order valence-electron chi connectivity index (χ2n) is 7.23. The van der Waals surface area contributed by atoms with E-state index >= 15 is 0 Å². The number of hydrogen-bond acceptors (Lipinski definition) is 6. The lowest BCUT2D eigenvalue weighted by Crippen LogP contribution is -2.30. The molecule has 7 heteroatoms. The molecule has 5 rings (SSSR count). The highest BCUT2D eigenvalue weighted by atomic mass is 35.5. The number of aromatic nitrogens is 1. The number of rotatable bonds is 5. The van der Waals surface area contributed by atoms with E-state index in [9.17, 15) is 5.26 Å². The van der Waals surface area contributed by atoms with E-state index < -0.39 is 0 Å². The Morgan fingerprint density at radius 1 is 1.03 bits per heavy atom. The van der Waals surface area contributed by atoms with Crippen LogP contribution in [0.5, 0.6) is 5.75 Å². The van der Waals surface area contributed by atoms with Crippen LogP contribution in [0.1, 0.15) is 22.6 Å². The Balaban J connectivity index is 1.33. The van der Waals surface area contributed by atoms with E-state index in [1.54, 1.807) is 36.4 Å². The number of anilines is 1. The summed E-state index contributed by atoms with van der Waals surface area (Å²) in [6, 6.07) is 21.1. The lowest BCUT2D eigenvalue weighted by Gasteiger charge is -2.28. The fourth-order valence-electron chi connectivity index (χ4n) is 3.63. The maximum absolute atomic E-state index is 9.58. The molecule has 0 spiro atoms. The molecule has 3 heterocycles. The average molecular weight is 432 g/mol. The first-order valence-corrected chi connectivity index (χ1v) is 10.3. The lowest BCUT2D eigenvalue weighted by atomic mass is 10.00. The Bertz CT molecular complexity index is 1250. The Morgan fingerprint density at radius 2 is 1.84 bits per heavy atom. The quantitative estimate of drug-likeness (QED) is 0.409. The molecule has 2 aromatic carbocycles. The van der Waals surface area contributed by atoms with Crippen LogP contribution in [-0.4, -0.2) is 11.5 Å². The number of benzene rings is 2. The van der Waals surface area contributed by atoms with Gasteiger partial charge in [0.1, 0.15) is 24.2 Å². The Morgan fingerprint density at radius 3 is 2.65 bits per heavy atom. The van der Waals surface area contributed by atoms with E-state index in [-0.39, 0.29) is 18.2 Å². The number of furan rings is 1. The predicted octanol–water partition coefficient (Wildman–Crippen LogP) is 5.60. The van der Waals surface area contributed by atoms with E-state index in [2.05, 4.69) is 23.2 Å². The molecule has 0 bridgehead atoms. The number of nitriles is 1. The summed E-state index contributed by atoms with van der Waals surface area (Å²) >= 11 is 5.89. The lowest BCUT2D eigenvalue weighted by molar-refractivity contribution is 0.271. The summed E-state index contributed by atoms with van der Waals surface area (Å²) in [5.41, 5.74) is 2.81. The zero-order chi connectivity index (χ0) is 21.2. The van der Waals surface area contributed by atoms with E-state index in [0.29, 0.717) is 34.7 Å². The van der Waals surface area contributed by atoms with Crippen molar-refractivity contribution in [1.29, 1.82) is 5.26 Å². The van der Waals surface area contributed by atoms with Crippen molar-refractivity contribution in [1.82, 2.24) is 4.98 Å². The van der Waals surface area contributed by atoms with Crippen molar-refractivity contribution in [3.05, 3.63) is 88.3 Å². The third-order valence-electron chi connectivity index (χ3n) is 5.20. The summed E-state index contributed by atoms with van der Waals surface area (Å²) in [5, 5.41) is 10.2. The van der Waals surface area contributed by atoms with E-state index in [0.717, 1.165) is 13.0 Å². The zero-order valence-corrected chi connectivity index (χ0v) is 17.3. The van der Waals surface area contributed by atoms with Gasteiger partial charge in [-0.2, -0.15) is 10.2 Å². The molecule has 1 aliphatic heterocycles.